The third kappa shape index (κ3) is 4.36. The molecule has 0 unspecified atom stereocenters. The van der Waals surface area contributed by atoms with E-state index in [1.807, 2.05) is 6.07 Å². The number of hydrogen-bond donors (Lipinski definition) is 1. The molecule has 2 aromatic rings. The fourth-order valence-electron chi connectivity index (χ4n) is 2.79. The molecule has 0 fully saturated rings. The molecule has 0 bridgehead atoms. The molecule has 0 aliphatic heterocycles. The van der Waals surface area contributed by atoms with E-state index in [1.54, 1.807) is 20.2 Å². The van der Waals surface area contributed by atoms with Gasteiger partial charge in [0.2, 0.25) is 5.13 Å². The predicted octanol–water partition coefficient (Wildman–Crippen LogP) is 3.41. The summed E-state index contributed by atoms with van der Waals surface area (Å²) in [5, 5.41) is 5.21. The Kier molecular flexibility index (Phi) is 5.65. The molecule has 1 aliphatic rings. The van der Waals surface area contributed by atoms with Crippen LogP contribution < -0.4 is 10.2 Å². The standard InChI is InChI=1S/C18H21N3O3S/c1-3-24-17(22)10-14-11-19-18(25-14)21-20-16-6-4-5-12-9-13(23-2)7-8-15(12)16/h7-9,11H,3-6,10H2,1-2H3,(H,19,21)/b20-16+. The molecule has 25 heavy (non-hydrogen) atoms. The Hall–Kier alpha value is -2.41. The highest BCUT2D eigenvalue weighted by molar-refractivity contribution is 7.15. The van der Waals surface area contributed by atoms with E-state index in [2.05, 4.69) is 27.6 Å². The van der Waals surface area contributed by atoms with E-state index in [-0.39, 0.29) is 12.4 Å². The smallest absolute Gasteiger partial charge is 0.311 e. The molecular weight excluding hydrogens is 338 g/mol. The van der Waals surface area contributed by atoms with Crippen LogP contribution in [0.1, 0.15) is 35.8 Å². The van der Waals surface area contributed by atoms with Gasteiger partial charge in [-0.15, -0.1) is 0 Å². The molecule has 0 atom stereocenters. The van der Waals surface area contributed by atoms with Crippen LogP contribution in [0.3, 0.4) is 0 Å². The lowest BCUT2D eigenvalue weighted by Gasteiger charge is -2.18. The maximum Gasteiger partial charge on any atom is 0.311 e. The van der Waals surface area contributed by atoms with Crippen LogP contribution in [-0.4, -0.2) is 30.4 Å². The highest BCUT2D eigenvalue weighted by Gasteiger charge is 2.16. The molecule has 0 amide bonds. The van der Waals surface area contributed by atoms with Crippen molar-refractivity contribution in [3.05, 3.63) is 40.4 Å². The molecule has 1 N–H and O–H groups in total. The summed E-state index contributed by atoms with van der Waals surface area (Å²) in [6, 6.07) is 6.09. The summed E-state index contributed by atoms with van der Waals surface area (Å²) in [7, 11) is 1.68. The monoisotopic (exact) mass is 359 g/mol. The summed E-state index contributed by atoms with van der Waals surface area (Å²) in [5.74, 6) is 0.635. The number of thiazole rings is 1. The van der Waals surface area contributed by atoms with Gasteiger partial charge in [0.25, 0.3) is 0 Å². The van der Waals surface area contributed by atoms with E-state index < -0.39 is 0 Å². The molecule has 1 aliphatic carbocycles. The number of hydrazone groups is 1. The maximum atomic E-state index is 11.5. The van der Waals surface area contributed by atoms with Crippen molar-refractivity contribution in [1.82, 2.24) is 4.98 Å². The summed E-state index contributed by atoms with van der Waals surface area (Å²) in [5.41, 5.74) is 6.45. The summed E-state index contributed by atoms with van der Waals surface area (Å²) in [6.07, 6.45) is 4.95. The molecule has 7 heteroatoms. The minimum absolute atomic E-state index is 0.237. The van der Waals surface area contributed by atoms with Crippen molar-refractivity contribution in [1.29, 1.82) is 0 Å². The number of hydrogen-bond acceptors (Lipinski definition) is 7. The lowest BCUT2D eigenvalue weighted by Crippen LogP contribution is -2.13. The first kappa shape index (κ1) is 17.4. The minimum atomic E-state index is -0.237. The minimum Gasteiger partial charge on any atom is -0.497 e. The van der Waals surface area contributed by atoms with E-state index in [1.165, 1.54) is 16.9 Å². The van der Waals surface area contributed by atoms with E-state index in [9.17, 15) is 4.79 Å². The van der Waals surface area contributed by atoms with Crippen LogP contribution in [-0.2, 0) is 22.4 Å². The van der Waals surface area contributed by atoms with Crippen molar-refractivity contribution in [3.63, 3.8) is 0 Å². The number of aromatic nitrogens is 1. The number of benzene rings is 1. The third-order valence-electron chi connectivity index (χ3n) is 3.95. The SMILES string of the molecule is CCOC(=O)Cc1cnc(N/N=C2\CCCc3cc(OC)ccc32)s1. The Morgan fingerprint density at radius 3 is 3.08 bits per heavy atom. The van der Waals surface area contributed by atoms with Crippen LogP contribution in [0.5, 0.6) is 5.75 Å². The number of carbonyl (C=O) groups excluding carboxylic acids is 1. The lowest BCUT2D eigenvalue weighted by atomic mass is 9.90. The number of methoxy groups -OCH3 is 1. The summed E-state index contributed by atoms with van der Waals surface area (Å²) >= 11 is 1.41. The van der Waals surface area contributed by atoms with Gasteiger partial charge in [-0.05, 0) is 49.9 Å². The van der Waals surface area contributed by atoms with Gasteiger partial charge in [0.15, 0.2) is 0 Å². The van der Waals surface area contributed by atoms with Crippen molar-refractivity contribution in [3.8, 4) is 5.75 Å². The number of anilines is 1. The largest absolute Gasteiger partial charge is 0.497 e. The second-order valence-electron chi connectivity index (χ2n) is 5.66. The number of aryl methyl sites for hydroxylation is 1. The first-order chi connectivity index (χ1) is 12.2. The zero-order chi connectivity index (χ0) is 17.6. The van der Waals surface area contributed by atoms with Gasteiger partial charge in [0.1, 0.15) is 5.75 Å². The third-order valence-corrected chi connectivity index (χ3v) is 4.85. The molecule has 1 aromatic heterocycles. The van der Waals surface area contributed by atoms with Crippen LogP contribution >= 0.6 is 11.3 Å². The molecular formula is C18H21N3O3S. The number of nitrogens with one attached hydrogen (secondary N) is 1. The van der Waals surface area contributed by atoms with Crippen molar-refractivity contribution < 1.29 is 14.3 Å². The van der Waals surface area contributed by atoms with E-state index in [4.69, 9.17) is 9.47 Å². The summed E-state index contributed by atoms with van der Waals surface area (Å²) < 4.78 is 10.2. The summed E-state index contributed by atoms with van der Waals surface area (Å²) in [6.45, 7) is 2.19. The Labute approximate surface area is 150 Å². The average Bonchev–Trinajstić information content (AvgIpc) is 3.06. The highest BCUT2D eigenvalue weighted by Crippen LogP contribution is 2.26. The Balaban J connectivity index is 1.69. The van der Waals surface area contributed by atoms with Gasteiger partial charge in [0, 0.05) is 16.6 Å². The topological polar surface area (TPSA) is 72.8 Å². The molecule has 6 nitrogen and oxygen atoms in total. The Morgan fingerprint density at radius 1 is 1.40 bits per heavy atom. The molecule has 132 valence electrons. The van der Waals surface area contributed by atoms with Gasteiger partial charge in [0.05, 0.1) is 25.8 Å². The molecule has 0 saturated heterocycles. The highest BCUT2D eigenvalue weighted by atomic mass is 32.1. The number of rotatable bonds is 6. The van der Waals surface area contributed by atoms with Crippen molar-refractivity contribution in [2.45, 2.75) is 32.6 Å². The second-order valence-corrected chi connectivity index (χ2v) is 6.78. The summed E-state index contributed by atoms with van der Waals surface area (Å²) in [4.78, 5) is 16.6. The van der Waals surface area contributed by atoms with Crippen molar-refractivity contribution in [2.24, 2.45) is 5.10 Å². The van der Waals surface area contributed by atoms with Gasteiger partial charge in [-0.2, -0.15) is 5.10 Å². The van der Waals surface area contributed by atoms with Crippen LogP contribution in [0.2, 0.25) is 0 Å². The molecule has 0 radical (unpaired) electrons. The Bertz CT molecular complexity index is 786. The Morgan fingerprint density at radius 2 is 2.28 bits per heavy atom. The number of nitrogens with zero attached hydrogens (tertiary/aromatic N) is 2. The first-order valence-corrected chi connectivity index (χ1v) is 9.11. The fourth-order valence-corrected chi connectivity index (χ4v) is 3.53. The van der Waals surface area contributed by atoms with E-state index in [0.717, 1.165) is 41.2 Å². The van der Waals surface area contributed by atoms with Gasteiger partial charge in [-0.1, -0.05) is 11.3 Å². The van der Waals surface area contributed by atoms with Gasteiger partial charge >= 0.3 is 5.97 Å². The van der Waals surface area contributed by atoms with Crippen LogP contribution in [0.4, 0.5) is 5.13 Å². The van der Waals surface area contributed by atoms with Gasteiger partial charge in [-0.3, -0.25) is 10.2 Å². The molecule has 0 spiro atoms. The molecule has 0 saturated carbocycles. The van der Waals surface area contributed by atoms with Crippen molar-refractivity contribution >= 4 is 28.1 Å². The molecule has 1 heterocycles. The van der Waals surface area contributed by atoms with E-state index in [0.29, 0.717) is 11.7 Å². The zero-order valence-electron chi connectivity index (χ0n) is 14.4. The van der Waals surface area contributed by atoms with Gasteiger partial charge in [-0.25, -0.2) is 4.98 Å². The van der Waals surface area contributed by atoms with Crippen LogP contribution in [0, 0.1) is 0 Å². The maximum absolute atomic E-state index is 11.5. The van der Waals surface area contributed by atoms with Crippen molar-refractivity contribution in [2.75, 3.05) is 19.1 Å². The van der Waals surface area contributed by atoms with Gasteiger partial charge < -0.3 is 9.47 Å². The first-order valence-electron chi connectivity index (χ1n) is 8.29. The normalized spacial score (nSPS) is 14.9. The zero-order valence-corrected chi connectivity index (χ0v) is 15.2. The average molecular weight is 359 g/mol. The van der Waals surface area contributed by atoms with E-state index >= 15 is 0 Å². The number of fused-ring (bicyclic) bond motifs is 1. The second kappa shape index (κ2) is 8.11. The number of esters is 1. The predicted molar refractivity (Wildman–Crippen MR) is 98.5 cm³/mol. The van der Waals surface area contributed by atoms with Crippen LogP contribution in [0.25, 0.3) is 0 Å². The number of ether oxygens (including phenoxy) is 2. The quantitative estimate of drug-likeness (QED) is 0.632. The molecule has 3 rings (SSSR count). The fraction of sp³-hybridized carbons (Fsp3) is 0.389. The number of carbonyl (C=O) groups is 1. The molecule has 1 aromatic carbocycles. The lowest BCUT2D eigenvalue weighted by molar-refractivity contribution is -0.142. The van der Waals surface area contributed by atoms with Crippen LogP contribution in [0.15, 0.2) is 29.5 Å².